The average Bonchev–Trinajstić information content (AvgIpc) is 3.35. The van der Waals surface area contributed by atoms with Gasteiger partial charge in [0.1, 0.15) is 5.82 Å². The molecule has 0 aromatic carbocycles. The standard InChI is InChI=1S/C19H30N4O2/c24-17-6-3-5-16(17)23-19(25)10-9-18(21-23)22-11-2-1-4-15(22)13-20-12-14-7-8-14/h9-10,14-17,20,24H,1-8,11-13H2. The Morgan fingerprint density at radius 1 is 1.08 bits per heavy atom. The Morgan fingerprint density at radius 3 is 2.72 bits per heavy atom. The molecule has 2 aliphatic carbocycles. The molecule has 3 atom stereocenters. The van der Waals surface area contributed by atoms with Gasteiger partial charge in [-0.3, -0.25) is 4.79 Å². The first-order valence-corrected chi connectivity index (χ1v) is 9.97. The number of hydrogen-bond donors (Lipinski definition) is 2. The molecule has 1 aromatic heterocycles. The number of nitrogens with zero attached hydrogens (tertiary/aromatic N) is 3. The van der Waals surface area contributed by atoms with Gasteiger partial charge in [0.25, 0.3) is 5.56 Å². The fourth-order valence-corrected chi connectivity index (χ4v) is 4.30. The van der Waals surface area contributed by atoms with Crippen molar-refractivity contribution >= 4 is 5.82 Å². The fourth-order valence-electron chi connectivity index (χ4n) is 4.30. The van der Waals surface area contributed by atoms with Gasteiger partial charge in [-0.2, -0.15) is 5.10 Å². The van der Waals surface area contributed by atoms with E-state index in [0.29, 0.717) is 6.04 Å². The molecule has 0 spiro atoms. The molecule has 1 aromatic rings. The van der Waals surface area contributed by atoms with Gasteiger partial charge in [0.05, 0.1) is 12.1 Å². The molecular weight excluding hydrogens is 316 g/mol. The van der Waals surface area contributed by atoms with Crippen molar-refractivity contribution in [1.29, 1.82) is 0 Å². The van der Waals surface area contributed by atoms with E-state index >= 15 is 0 Å². The third kappa shape index (κ3) is 3.90. The molecule has 3 aliphatic rings. The van der Waals surface area contributed by atoms with Gasteiger partial charge in [0, 0.05) is 25.2 Å². The number of aromatic nitrogens is 2. The van der Waals surface area contributed by atoms with Crippen molar-refractivity contribution in [3.05, 3.63) is 22.5 Å². The molecule has 6 nitrogen and oxygen atoms in total. The maximum absolute atomic E-state index is 12.3. The van der Waals surface area contributed by atoms with Crippen LogP contribution in [0.5, 0.6) is 0 Å². The van der Waals surface area contributed by atoms with E-state index in [0.717, 1.165) is 50.6 Å². The Labute approximate surface area is 149 Å². The van der Waals surface area contributed by atoms with Gasteiger partial charge < -0.3 is 15.3 Å². The summed E-state index contributed by atoms with van der Waals surface area (Å²) in [7, 11) is 0. The second-order valence-corrected chi connectivity index (χ2v) is 7.98. The van der Waals surface area contributed by atoms with E-state index in [1.165, 1.54) is 36.8 Å². The van der Waals surface area contributed by atoms with Crippen LogP contribution in [0, 0.1) is 5.92 Å². The van der Waals surface area contributed by atoms with Crippen LogP contribution in [0.2, 0.25) is 0 Å². The lowest BCUT2D eigenvalue weighted by Gasteiger charge is -2.37. The Kier molecular flexibility index (Phi) is 5.08. The first kappa shape index (κ1) is 17.0. The number of rotatable bonds is 6. The molecule has 2 heterocycles. The summed E-state index contributed by atoms with van der Waals surface area (Å²) >= 11 is 0. The number of hydrogen-bond acceptors (Lipinski definition) is 5. The van der Waals surface area contributed by atoms with E-state index in [4.69, 9.17) is 0 Å². The lowest BCUT2D eigenvalue weighted by atomic mass is 10.0. The molecule has 2 saturated carbocycles. The number of nitrogens with one attached hydrogen (secondary N) is 1. The lowest BCUT2D eigenvalue weighted by Crippen LogP contribution is -2.47. The SMILES string of the molecule is O=c1ccc(N2CCCCC2CNCC2CC2)nn1C1CCCC1O. The van der Waals surface area contributed by atoms with Gasteiger partial charge >= 0.3 is 0 Å². The average molecular weight is 346 g/mol. The quantitative estimate of drug-likeness (QED) is 0.820. The zero-order chi connectivity index (χ0) is 17.2. The van der Waals surface area contributed by atoms with Crippen LogP contribution in [-0.4, -0.2) is 46.7 Å². The molecule has 0 radical (unpaired) electrons. The summed E-state index contributed by atoms with van der Waals surface area (Å²) in [6.07, 6.45) is 8.46. The lowest BCUT2D eigenvalue weighted by molar-refractivity contribution is 0.127. The topological polar surface area (TPSA) is 70.4 Å². The van der Waals surface area contributed by atoms with Gasteiger partial charge in [-0.05, 0) is 69.9 Å². The third-order valence-electron chi connectivity index (χ3n) is 6.00. The minimum atomic E-state index is -0.446. The number of aliphatic hydroxyl groups is 1. The molecule has 4 rings (SSSR count). The van der Waals surface area contributed by atoms with Crippen molar-refractivity contribution in [2.75, 3.05) is 24.5 Å². The van der Waals surface area contributed by atoms with Crippen LogP contribution in [0.4, 0.5) is 5.82 Å². The maximum Gasteiger partial charge on any atom is 0.267 e. The van der Waals surface area contributed by atoms with Crippen molar-refractivity contribution in [2.45, 2.75) is 69.6 Å². The minimum Gasteiger partial charge on any atom is -0.391 e. The largest absolute Gasteiger partial charge is 0.391 e. The normalized spacial score (nSPS) is 30.0. The van der Waals surface area contributed by atoms with Crippen LogP contribution in [-0.2, 0) is 0 Å². The zero-order valence-electron chi connectivity index (χ0n) is 14.9. The Balaban J connectivity index is 1.50. The highest BCUT2D eigenvalue weighted by molar-refractivity contribution is 5.39. The molecular formula is C19H30N4O2. The van der Waals surface area contributed by atoms with Crippen molar-refractivity contribution < 1.29 is 5.11 Å². The van der Waals surface area contributed by atoms with Crippen LogP contribution in [0.15, 0.2) is 16.9 Å². The molecule has 0 bridgehead atoms. The second-order valence-electron chi connectivity index (χ2n) is 7.98. The van der Waals surface area contributed by atoms with Crippen molar-refractivity contribution in [1.82, 2.24) is 15.1 Å². The molecule has 25 heavy (non-hydrogen) atoms. The van der Waals surface area contributed by atoms with Gasteiger partial charge in [0.2, 0.25) is 0 Å². The summed E-state index contributed by atoms with van der Waals surface area (Å²) in [5, 5.41) is 18.5. The molecule has 2 N–H and O–H groups in total. The van der Waals surface area contributed by atoms with Gasteiger partial charge in [-0.25, -0.2) is 4.68 Å². The summed E-state index contributed by atoms with van der Waals surface area (Å²) in [5.41, 5.74) is -0.102. The fraction of sp³-hybridized carbons (Fsp3) is 0.789. The Hall–Kier alpha value is -1.40. The Morgan fingerprint density at radius 2 is 1.96 bits per heavy atom. The molecule has 1 aliphatic heterocycles. The summed E-state index contributed by atoms with van der Waals surface area (Å²) in [4.78, 5) is 14.6. The molecule has 6 heteroatoms. The van der Waals surface area contributed by atoms with E-state index in [-0.39, 0.29) is 11.6 Å². The van der Waals surface area contributed by atoms with Gasteiger partial charge in [-0.1, -0.05) is 0 Å². The van der Waals surface area contributed by atoms with Crippen LogP contribution >= 0.6 is 0 Å². The summed E-state index contributed by atoms with van der Waals surface area (Å²) < 4.78 is 1.54. The van der Waals surface area contributed by atoms with Crippen molar-refractivity contribution in [2.24, 2.45) is 5.92 Å². The molecule has 138 valence electrons. The highest BCUT2D eigenvalue weighted by Crippen LogP contribution is 2.30. The first-order valence-electron chi connectivity index (χ1n) is 9.97. The molecule has 0 amide bonds. The maximum atomic E-state index is 12.3. The van der Waals surface area contributed by atoms with Gasteiger partial charge in [-0.15, -0.1) is 0 Å². The highest BCUT2D eigenvalue weighted by Gasteiger charge is 2.30. The van der Waals surface area contributed by atoms with E-state index in [9.17, 15) is 9.90 Å². The number of anilines is 1. The van der Waals surface area contributed by atoms with Crippen LogP contribution in [0.25, 0.3) is 0 Å². The van der Waals surface area contributed by atoms with E-state index in [1.54, 1.807) is 6.07 Å². The zero-order valence-corrected chi connectivity index (χ0v) is 14.9. The van der Waals surface area contributed by atoms with Crippen LogP contribution < -0.4 is 15.8 Å². The monoisotopic (exact) mass is 346 g/mol. The third-order valence-corrected chi connectivity index (χ3v) is 6.00. The highest BCUT2D eigenvalue weighted by atomic mass is 16.3. The Bertz CT molecular complexity index is 643. The van der Waals surface area contributed by atoms with Crippen molar-refractivity contribution in [3.63, 3.8) is 0 Å². The minimum absolute atomic E-state index is 0.102. The van der Waals surface area contributed by atoms with Crippen LogP contribution in [0.1, 0.15) is 57.4 Å². The molecule has 3 unspecified atom stereocenters. The van der Waals surface area contributed by atoms with E-state index in [2.05, 4.69) is 15.3 Å². The van der Waals surface area contributed by atoms with Crippen molar-refractivity contribution in [3.8, 4) is 0 Å². The molecule has 3 fully saturated rings. The van der Waals surface area contributed by atoms with E-state index < -0.39 is 6.10 Å². The number of piperidine rings is 1. The summed E-state index contributed by atoms with van der Waals surface area (Å²) in [6, 6.07) is 3.76. The predicted octanol–water partition coefficient (Wildman–Crippen LogP) is 1.69. The summed E-state index contributed by atoms with van der Waals surface area (Å²) in [6.45, 7) is 3.11. The van der Waals surface area contributed by atoms with E-state index in [1.807, 2.05) is 6.07 Å². The predicted molar refractivity (Wildman–Crippen MR) is 98.0 cm³/mol. The van der Waals surface area contributed by atoms with Gasteiger partial charge in [0.15, 0.2) is 0 Å². The smallest absolute Gasteiger partial charge is 0.267 e. The molecule has 1 saturated heterocycles. The van der Waals surface area contributed by atoms with Crippen LogP contribution in [0.3, 0.4) is 0 Å². The second kappa shape index (κ2) is 7.46. The first-order chi connectivity index (χ1) is 12.2. The number of aliphatic hydroxyl groups excluding tert-OH is 1. The summed E-state index contributed by atoms with van der Waals surface area (Å²) in [5.74, 6) is 1.78.